The van der Waals surface area contributed by atoms with E-state index in [0.29, 0.717) is 12.3 Å². The van der Waals surface area contributed by atoms with Crippen molar-refractivity contribution in [2.75, 3.05) is 0 Å². The number of rotatable bonds is 2. The minimum Gasteiger partial charge on any atom is -0.376 e. The van der Waals surface area contributed by atoms with Crippen molar-refractivity contribution in [1.29, 1.82) is 5.26 Å². The molecule has 1 atom stereocenters. The number of hydrogen-bond donors (Lipinski definition) is 1. The van der Waals surface area contributed by atoms with Crippen molar-refractivity contribution in [3.63, 3.8) is 0 Å². The SMILES string of the molecule is CC(C)CC(C)(O)C#N. The van der Waals surface area contributed by atoms with Crippen molar-refractivity contribution in [2.45, 2.75) is 32.8 Å². The summed E-state index contributed by atoms with van der Waals surface area (Å²) in [7, 11) is 0. The van der Waals surface area contributed by atoms with E-state index in [1.54, 1.807) is 0 Å². The number of aliphatic hydroxyl groups is 1. The van der Waals surface area contributed by atoms with Crippen LogP contribution in [0.4, 0.5) is 0 Å². The molecule has 0 rings (SSSR count). The third-order valence-corrected chi connectivity index (χ3v) is 1.05. The van der Waals surface area contributed by atoms with E-state index in [1.165, 1.54) is 6.92 Å². The Hall–Kier alpha value is -0.550. The first-order valence-electron chi connectivity index (χ1n) is 3.11. The molecule has 0 amide bonds. The van der Waals surface area contributed by atoms with Crippen molar-refractivity contribution in [3.05, 3.63) is 0 Å². The summed E-state index contributed by atoms with van der Waals surface area (Å²) in [6.45, 7) is 5.49. The minimum absolute atomic E-state index is 0.375. The van der Waals surface area contributed by atoms with Gasteiger partial charge in [0.25, 0.3) is 0 Å². The van der Waals surface area contributed by atoms with Crippen LogP contribution in [0.25, 0.3) is 0 Å². The maximum absolute atomic E-state index is 9.13. The van der Waals surface area contributed by atoms with Crippen LogP contribution in [0.3, 0.4) is 0 Å². The molecule has 2 heteroatoms. The van der Waals surface area contributed by atoms with E-state index in [0.717, 1.165) is 0 Å². The molecule has 0 bridgehead atoms. The van der Waals surface area contributed by atoms with E-state index in [9.17, 15) is 0 Å². The lowest BCUT2D eigenvalue weighted by molar-refractivity contribution is 0.0953. The van der Waals surface area contributed by atoms with Gasteiger partial charge in [-0.2, -0.15) is 5.26 Å². The minimum atomic E-state index is -1.13. The van der Waals surface area contributed by atoms with E-state index in [1.807, 2.05) is 19.9 Å². The fourth-order valence-electron chi connectivity index (χ4n) is 0.841. The van der Waals surface area contributed by atoms with Gasteiger partial charge in [-0.1, -0.05) is 13.8 Å². The molecule has 0 radical (unpaired) electrons. The summed E-state index contributed by atoms with van der Waals surface area (Å²) in [6, 6.07) is 1.83. The average Bonchev–Trinajstić information content (AvgIpc) is 1.63. The van der Waals surface area contributed by atoms with Gasteiger partial charge in [0.15, 0.2) is 0 Å². The van der Waals surface area contributed by atoms with Crippen molar-refractivity contribution < 1.29 is 5.11 Å². The molecule has 1 N–H and O–H groups in total. The van der Waals surface area contributed by atoms with Crippen molar-refractivity contribution >= 4 is 0 Å². The van der Waals surface area contributed by atoms with Gasteiger partial charge in [0, 0.05) is 0 Å². The molecule has 0 spiro atoms. The molecule has 0 saturated heterocycles. The normalized spacial score (nSPS) is 16.9. The Morgan fingerprint density at radius 3 is 2.22 bits per heavy atom. The van der Waals surface area contributed by atoms with Crippen LogP contribution in [0.5, 0.6) is 0 Å². The molecule has 9 heavy (non-hydrogen) atoms. The predicted molar refractivity (Wildman–Crippen MR) is 35.7 cm³/mol. The summed E-state index contributed by atoms with van der Waals surface area (Å²) in [5.74, 6) is 0.375. The first kappa shape index (κ1) is 8.45. The Morgan fingerprint density at radius 1 is 1.67 bits per heavy atom. The second kappa shape index (κ2) is 2.84. The van der Waals surface area contributed by atoms with Crippen LogP contribution < -0.4 is 0 Å². The van der Waals surface area contributed by atoms with Crippen LogP contribution in [0.1, 0.15) is 27.2 Å². The monoisotopic (exact) mass is 127 g/mol. The quantitative estimate of drug-likeness (QED) is 0.568. The third kappa shape index (κ3) is 3.99. The Labute approximate surface area is 56.1 Å². The maximum atomic E-state index is 9.13. The number of nitriles is 1. The second-order valence-electron chi connectivity index (χ2n) is 2.98. The molecule has 52 valence electrons. The van der Waals surface area contributed by atoms with Gasteiger partial charge < -0.3 is 5.11 Å². The average molecular weight is 127 g/mol. The van der Waals surface area contributed by atoms with Crippen molar-refractivity contribution in [3.8, 4) is 6.07 Å². The van der Waals surface area contributed by atoms with Gasteiger partial charge in [0.2, 0.25) is 0 Å². The molecular formula is C7H13NO. The highest BCUT2D eigenvalue weighted by molar-refractivity contribution is 4.96. The summed E-state index contributed by atoms with van der Waals surface area (Å²) in [4.78, 5) is 0. The van der Waals surface area contributed by atoms with Crippen LogP contribution in [0.15, 0.2) is 0 Å². The van der Waals surface area contributed by atoms with Gasteiger partial charge in [0.1, 0.15) is 5.60 Å². The lowest BCUT2D eigenvalue weighted by Crippen LogP contribution is -2.23. The van der Waals surface area contributed by atoms with Gasteiger partial charge in [-0.3, -0.25) is 0 Å². The molecule has 0 aliphatic rings. The highest BCUT2D eigenvalue weighted by atomic mass is 16.3. The number of hydrogen-bond acceptors (Lipinski definition) is 2. The highest BCUT2D eigenvalue weighted by Crippen LogP contribution is 2.13. The standard InChI is InChI=1S/C7H13NO/c1-6(2)4-7(3,9)5-8/h6,9H,4H2,1-3H3. The molecule has 0 aromatic heterocycles. The predicted octanol–water partition coefficient (Wildman–Crippen LogP) is 1.31. The van der Waals surface area contributed by atoms with Crippen LogP contribution in [-0.4, -0.2) is 10.7 Å². The lowest BCUT2D eigenvalue weighted by atomic mass is 9.96. The van der Waals surface area contributed by atoms with Crippen LogP contribution in [0.2, 0.25) is 0 Å². The zero-order valence-corrected chi connectivity index (χ0v) is 6.18. The van der Waals surface area contributed by atoms with Crippen LogP contribution in [-0.2, 0) is 0 Å². The smallest absolute Gasteiger partial charge is 0.148 e. The summed E-state index contributed by atoms with van der Waals surface area (Å²) < 4.78 is 0. The topological polar surface area (TPSA) is 44.0 Å². The fraction of sp³-hybridized carbons (Fsp3) is 0.857. The van der Waals surface area contributed by atoms with E-state index in [2.05, 4.69) is 0 Å². The van der Waals surface area contributed by atoms with E-state index >= 15 is 0 Å². The highest BCUT2D eigenvalue weighted by Gasteiger charge is 2.19. The Balaban J connectivity index is 3.76. The Bertz CT molecular complexity index is 121. The maximum Gasteiger partial charge on any atom is 0.148 e. The Kier molecular flexibility index (Phi) is 2.66. The molecule has 0 aromatic carbocycles. The molecule has 0 aliphatic heterocycles. The molecule has 0 aliphatic carbocycles. The largest absolute Gasteiger partial charge is 0.376 e. The van der Waals surface area contributed by atoms with E-state index < -0.39 is 5.60 Å². The summed E-state index contributed by atoms with van der Waals surface area (Å²) in [5, 5.41) is 17.5. The van der Waals surface area contributed by atoms with E-state index in [4.69, 9.17) is 10.4 Å². The van der Waals surface area contributed by atoms with Gasteiger partial charge >= 0.3 is 0 Å². The van der Waals surface area contributed by atoms with Crippen molar-refractivity contribution in [2.24, 2.45) is 5.92 Å². The van der Waals surface area contributed by atoms with Gasteiger partial charge in [-0.15, -0.1) is 0 Å². The van der Waals surface area contributed by atoms with Crippen molar-refractivity contribution in [1.82, 2.24) is 0 Å². The zero-order chi connectivity index (χ0) is 7.49. The second-order valence-corrected chi connectivity index (χ2v) is 2.98. The molecule has 0 heterocycles. The first-order chi connectivity index (χ1) is 3.98. The Morgan fingerprint density at radius 2 is 2.11 bits per heavy atom. The van der Waals surface area contributed by atoms with E-state index in [-0.39, 0.29) is 0 Å². The molecular weight excluding hydrogens is 114 g/mol. The summed E-state index contributed by atoms with van der Waals surface area (Å²) >= 11 is 0. The summed E-state index contributed by atoms with van der Waals surface area (Å²) in [6.07, 6.45) is 0.545. The molecule has 2 nitrogen and oxygen atoms in total. The summed E-state index contributed by atoms with van der Waals surface area (Å²) in [5.41, 5.74) is -1.13. The number of nitrogens with zero attached hydrogens (tertiary/aromatic N) is 1. The zero-order valence-electron chi connectivity index (χ0n) is 6.18. The fourth-order valence-corrected chi connectivity index (χ4v) is 0.841. The van der Waals surface area contributed by atoms with Gasteiger partial charge in [-0.25, -0.2) is 0 Å². The molecule has 0 fully saturated rings. The molecule has 0 aromatic rings. The van der Waals surface area contributed by atoms with Gasteiger partial charge in [-0.05, 0) is 19.3 Å². The lowest BCUT2D eigenvalue weighted by Gasteiger charge is -2.15. The molecule has 1 unspecified atom stereocenters. The molecule has 0 saturated carbocycles. The van der Waals surface area contributed by atoms with Gasteiger partial charge in [0.05, 0.1) is 6.07 Å². The first-order valence-corrected chi connectivity index (χ1v) is 3.11. The van der Waals surface area contributed by atoms with Crippen LogP contribution in [0, 0.1) is 17.2 Å². The third-order valence-electron chi connectivity index (χ3n) is 1.05. The van der Waals surface area contributed by atoms with Crippen LogP contribution >= 0.6 is 0 Å².